The Kier molecular flexibility index (Phi) is 4.61. The summed E-state index contributed by atoms with van der Waals surface area (Å²) in [5, 5.41) is 2.68. The Bertz CT molecular complexity index is 440. The predicted molar refractivity (Wildman–Crippen MR) is 71.9 cm³/mol. The fourth-order valence-electron chi connectivity index (χ4n) is 1.87. The van der Waals surface area contributed by atoms with E-state index in [2.05, 4.69) is 21.2 Å². The van der Waals surface area contributed by atoms with Crippen LogP contribution in [0.15, 0.2) is 16.6 Å². The maximum atomic E-state index is 13.6. The lowest BCUT2D eigenvalue weighted by atomic mass is 10.1. The maximum Gasteiger partial charge on any atom is 0.257 e. The summed E-state index contributed by atoms with van der Waals surface area (Å²) in [7, 11) is 0. The maximum absolute atomic E-state index is 13.6. The highest BCUT2D eigenvalue weighted by atomic mass is 79.9. The van der Waals surface area contributed by atoms with E-state index >= 15 is 0 Å². The molecule has 1 saturated heterocycles. The average molecular weight is 336 g/mol. The van der Waals surface area contributed by atoms with E-state index in [1.807, 2.05) is 0 Å². The van der Waals surface area contributed by atoms with E-state index in [1.165, 1.54) is 0 Å². The van der Waals surface area contributed by atoms with Gasteiger partial charge < -0.3 is 5.32 Å². The first-order valence-electron chi connectivity index (χ1n) is 5.61. The summed E-state index contributed by atoms with van der Waals surface area (Å²) in [6.45, 7) is 0. The predicted octanol–water partition coefficient (Wildman–Crippen LogP) is 3.35. The molecule has 1 aliphatic rings. The molecule has 0 spiro atoms. The summed E-state index contributed by atoms with van der Waals surface area (Å²) < 4.78 is 27.4. The normalized spacial score (nSPS) is 19.6. The van der Waals surface area contributed by atoms with Gasteiger partial charge in [0.15, 0.2) is 0 Å². The van der Waals surface area contributed by atoms with Gasteiger partial charge in [-0.1, -0.05) is 15.9 Å². The standard InChI is InChI=1S/C12H12BrF2NOS/c13-7-4-9(14)11(10(15)5-7)12(17)16-8-2-1-3-18-6-8/h4-5,8H,1-3,6H2,(H,16,17). The zero-order chi connectivity index (χ0) is 13.1. The molecule has 6 heteroatoms. The van der Waals surface area contributed by atoms with Gasteiger partial charge in [-0.15, -0.1) is 0 Å². The van der Waals surface area contributed by atoms with Crippen molar-refractivity contribution in [2.45, 2.75) is 18.9 Å². The third-order valence-corrected chi connectivity index (χ3v) is 4.40. The number of amides is 1. The highest BCUT2D eigenvalue weighted by Gasteiger charge is 2.22. The zero-order valence-electron chi connectivity index (χ0n) is 9.51. The van der Waals surface area contributed by atoms with E-state index in [0.717, 1.165) is 36.5 Å². The van der Waals surface area contributed by atoms with Gasteiger partial charge in [0, 0.05) is 16.3 Å². The molecule has 1 N–H and O–H groups in total. The molecule has 18 heavy (non-hydrogen) atoms. The monoisotopic (exact) mass is 335 g/mol. The highest BCUT2D eigenvalue weighted by Crippen LogP contribution is 2.21. The van der Waals surface area contributed by atoms with Crippen LogP contribution in [-0.4, -0.2) is 23.5 Å². The molecule has 1 aromatic rings. The van der Waals surface area contributed by atoms with Crippen LogP contribution in [0.3, 0.4) is 0 Å². The van der Waals surface area contributed by atoms with Gasteiger partial charge in [0.05, 0.1) is 0 Å². The second-order valence-electron chi connectivity index (χ2n) is 4.13. The molecule has 0 bridgehead atoms. The number of rotatable bonds is 2. The molecule has 0 radical (unpaired) electrons. The summed E-state index contributed by atoms with van der Waals surface area (Å²) >= 11 is 4.72. The Morgan fingerprint density at radius 3 is 2.61 bits per heavy atom. The van der Waals surface area contributed by atoms with Crippen molar-refractivity contribution in [3.63, 3.8) is 0 Å². The second kappa shape index (κ2) is 6.02. The van der Waals surface area contributed by atoms with Gasteiger partial charge in [0.25, 0.3) is 5.91 Å². The van der Waals surface area contributed by atoms with Crippen molar-refractivity contribution in [1.29, 1.82) is 0 Å². The lowest BCUT2D eigenvalue weighted by Crippen LogP contribution is -2.39. The number of hydrogen-bond acceptors (Lipinski definition) is 2. The van der Waals surface area contributed by atoms with Crippen molar-refractivity contribution < 1.29 is 13.6 Å². The van der Waals surface area contributed by atoms with Crippen molar-refractivity contribution in [2.75, 3.05) is 11.5 Å². The van der Waals surface area contributed by atoms with Crippen LogP contribution in [0.4, 0.5) is 8.78 Å². The van der Waals surface area contributed by atoms with Gasteiger partial charge in [-0.05, 0) is 30.7 Å². The average Bonchev–Trinajstić information content (AvgIpc) is 2.28. The third-order valence-electron chi connectivity index (χ3n) is 2.73. The molecule has 98 valence electrons. The van der Waals surface area contributed by atoms with Crippen LogP contribution >= 0.6 is 27.7 Å². The minimum atomic E-state index is -0.845. The lowest BCUT2D eigenvalue weighted by molar-refractivity contribution is 0.0930. The van der Waals surface area contributed by atoms with Crippen LogP contribution in [0.2, 0.25) is 0 Å². The molecule has 0 saturated carbocycles. The zero-order valence-corrected chi connectivity index (χ0v) is 11.9. The molecule has 1 aliphatic heterocycles. The Morgan fingerprint density at radius 2 is 2.06 bits per heavy atom. The van der Waals surface area contributed by atoms with E-state index in [0.29, 0.717) is 0 Å². The Labute approximate surface area is 117 Å². The molecule has 1 fully saturated rings. The van der Waals surface area contributed by atoms with Crippen molar-refractivity contribution in [3.8, 4) is 0 Å². The first-order valence-corrected chi connectivity index (χ1v) is 7.56. The van der Waals surface area contributed by atoms with Crippen LogP contribution in [0.5, 0.6) is 0 Å². The summed E-state index contributed by atoms with van der Waals surface area (Å²) in [4.78, 5) is 11.9. The van der Waals surface area contributed by atoms with Gasteiger partial charge in [-0.3, -0.25) is 4.79 Å². The quantitative estimate of drug-likeness (QED) is 0.897. The lowest BCUT2D eigenvalue weighted by Gasteiger charge is -2.22. The molecule has 1 aromatic carbocycles. The van der Waals surface area contributed by atoms with Crippen LogP contribution in [0, 0.1) is 11.6 Å². The summed E-state index contributed by atoms with van der Waals surface area (Å²) in [5.74, 6) is -0.491. The van der Waals surface area contributed by atoms with Crippen molar-refractivity contribution in [2.24, 2.45) is 0 Å². The molecule has 1 unspecified atom stereocenters. The summed E-state index contributed by atoms with van der Waals surface area (Å²) in [6.07, 6.45) is 1.87. The molecule has 0 aromatic heterocycles. The number of benzene rings is 1. The molecule has 2 nitrogen and oxygen atoms in total. The number of halogens is 3. The Hall–Kier alpha value is -0.620. The largest absolute Gasteiger partial charge is 0.348 e. The topological polar surface area (TPSA) is 29.1 Å². The molecule has 1 amide bonds. The van der Waals surface area contributed by atoms with Crippen LogP contribution in [0.25, 0.3) is 0 Å². The third kappa shape index (κ3) is 3.23. The fraction of sp³-hybridized carbons (Fsp3) is 0.417. The number of carbonyl (C=O) groups is 1. The first kappa shape index (κ1) is 13.8. The first-order chi connectivity index (χ1) is 8.58. The molecule has 0 aliphatic carbocycles. The minimum Gasteiger partial charge on any atom is -0.348 e. The van der Waals surface area contributed by atoms with Gasteiger partial charge in [-0.25, -0.2) is 8.78 Å². The van der Waals surface area contributed by atoms with Gasteiger partial charge in [0.2, 0.25) is 0 Å². The summed E-state index contributed by atoms with van der Waals surface area (Å²) in [5.41, 5.74) is -0.506. The van der Waals surface area contributed by atoms with Crippen LogP contribution < -0.4 is 5.32 Å². The van der Waals surface area contributed by atoms with Crippen molar-refractivity contribution in [1.82, 2.24) is 5.32 Å². The molecule has 1 atom stereocenters. The van der Waals surface area contributed by atoms with E-state index in [9.17, 15) is 13.6 Å². The number of carbonyl (C=O) groups excluding carboxylic acids is 1. The van der Waals surface area contributed by atoms with Gasteiger partial charge in [0.1, 0.15) is 17.2 Å². The number of nitrogens with one attached hydrogen (secondary N) is 1. The number of thioether (sulfide) groups is 1. The van der Waals surface area contributed by atoms with Crippen molar-refractivity contribution >= 4 is 33.6 Å². The highest BCUT2D eigenvalue weighted by molar-refractivity contribution is 9.10. The SMILES string of the molecule is O=C(NC1CCCSC1)c1c(F)cc(Br)cc1F. The van der Waals surface area contributed by atoms with E-state index < -0.39 is 23.1 Å². The Balaban J connectivity index is 2.13. The molecular weight excluding hydrogens is 324 g/mol. The van der Waals surface area contributed by atoms with Gasteiger partial charge >= 0.3 is 0 Å². The molecule has 2 rings (SSSR count). The van der Waals surface area contributed by atoms with E-state index in [-0.39, 0.29) is 10.5 Å². The number of hydrogen-bond donors (Lipinski definition) is 1. The smallest absolute Gasteiger partial charge is 0.257 e. The fourth-order valence-corrected chi connectivity index (χ4v) is 3.35. The van der Waals surface area contributed by atoms with Crippen LogP contribution in [-0.2, 0) is 0 Å². The summed E-state index contributed by atoms with van der Waals surface area (Å²) in [6, 6.07) is 2.18. The molecular formula is C12H12BrF2NOS. The van der Waals surface area contributed by atoms with E-state index in [1.54, 1.807) is 11.8 Å². The van der Waals surface area contributed by atoms with Crippen molar-refractivity contribution in [3.05, 3.63) is 33.8 Å². The van der Waals surface area contributed by atoms with Crippen LogP contribution in [0.1, 0.15) is 23.2 Å². The molecule has 1 heterocycles. The van der Waals surface area contributed by atoms with E-state index in [4.69, 9.17) is 0 Å². The minimum absolute atomic E-state index is 0.00121. The second-order valence-corrected chi connectivity index (χ2v) is 6.20. The Morgan fingerprint density at radius 1 is 1.39 bits per heavy atom. The van der Waals surface area contributed by atoms with Gasteiger partial charge in [-0.2, -0.15) is 11.8 Å².